The molecule has 1 aromatic rings. The van der Waals surface area contributed by atoms with E-state index in [0.717, 1.165) is 6.42 Å². The summed E-state index contributed by atoms with van der Waals surface area (Å²) in [6.07, 6.45) is 0.619. The zero-order valence-electron chi connectivity index (χ0n) is 16.7. The normalized spacial score (nSPS) is 25.4. The lowest BCUT2D eigenvalue weighted by molar-refractivity contribution is -0.164. The topological polar surface area (TPSA) is 108 Å². The van der Waals surface area contributed by atoms with Gasteiger partial charge in [0.25, 0.3) is 0 Å². The molecule has 0 bridgehead atoms. The van der Waals surface area contributed by atoms with Gasteiger partial charge in [-0.1, -0.05) is 0 Å². The summed E-state index contributed by atoms with van der Waals surface area (Å²) in [5, 5.41) is 0. The largest absolute Gasteiger partial charge is 0.490 e. The fraction of sp³-hybridized carbons (Fsp3) is 0.600. The second-order valence-electron chi connectivity index (χ2n) is 7.75. The second-order valence-corrected chi connectivity index (χ2v) is 9.68. The van der Waals surface area contributed by atoms with Crippen molar-refractivity contribution in [3.63, 3.8) is 0 Å². The Kier molecular flexibility index (Phi) is 5.88. The molecule has 30 heavy (non-hydrogen) atoms. The van der Waals surface area contributed by atoms with Gasteiger partial charge in [-0.25, -0.2) is 13.2 Å². The molecule has 3 heterocycles. The Bertz CT molecular complexity index is 923. The van der Waals surface area contributed by atoms with E-state index in [2.05, 4.69) is 0 Å². The number of nitrogens with zero attached hydrogens (tertiary/aromatic N) is 1. The molecule has 0 amide bonds. The molecular weight excluding hydrogens is 414 g/mol. The molecule has 3 aliphatic heterocycles. The number of piperidine rings is 1. The van der Waals surface area contributed by atoms with Crippen LogP contribution in [0, 0.1) is 5.92 Å². The minimum Gasteiger partial charge on any atom is -0.490 e. The Labute approximate surface area is 175 Å². The first-order valence-electron chi connectivity index (χ1n) is 10.2. The fourth-order valence-electron chi connectivity index (χ4n) is 3.84. The van der Waals surface area contributed by atoms with Crippen LogP contribution in [0.5, 0.6) is 11.5 Å². The molecule has 2 saturated heterocycles. The molecule has 2 unspecified atom stereocenters. The molecule has 0 saturated carbocycles. The van der Waals surface area contributed by atoms with E-state index in [-0.39, 0.29) is 24.1 Å². The first-order valence-corrected chi connectivity index (χ1v) is 11.6. The summed E-state index contributed by atoms with van der Waals surface area (Å²) in [6.45, 7) is 3.14. The third kappa shape index (κ3) is 4.24. The van der Waals surface area contributed by atoms with E-state index in [1.807, 2.05) is 0 Å². The number of hydrogen-bond acceptors (Lipinski definition) is 8. The Balaban J connectivity index is 1.38. The number of hydrogen-bond donors (Lipinski definition) is 0. The maximum absolute atomic E-state index is 13.0. The first kappa shape index (κ1) is 20.9. The maximum Gasteiger partial charge on any atom is 0.347 e. The van der Waals surface area contributed by atoms with E-state index in [1.165, 1.54) is 16.4 Å². The molecule has 9 nitrogen and oxygen atoms in total. The van der Waals surface area contributed by atoms with Crippen LogP contribution in [0.15, 0.2) is 23.1 Å². The van der Waals surface area contributed by atoms with Crippen molar-refractivity contribution in [3.05, 3.63) is 18.2 Å². The van der Waals surface area contributed by atoms with Crippen molar-refractivity contribution in [2.45, 2.75) is 49.7 Å². The standard InChI is InChI=1S/C20H25NO8S/c1-13-11-18(20(23)28-13)29-19(22)14-5-7-21(8-6-14)30(24,25)15-3-4-16-17(12-15)27-10-2-9-26-16/h3-4,12-14,18H,2,5-11H2,1H3. The highest BCUT2D eigenvalue weighted by Gasteiger charge is 2.38. The highest BCUT2D eigenvalue weighted by molar-refractivity contribution is 7.89. The van der Waals surface area contributed by atoms with Crippen molar-refractivity contribution in [2.75, 3.05) is 26.3 Å². The van der Waals surface area contributed by atoms with Gasteiger partial charge in [-0.15, -0.1) is 0 Å². The van der Waals surface area contributed by atoms with Gasteiger partial charge in [-0.2, -0.15) is 4.31 Å². The van der Waals surface area contributed by atoms with E-state index in [9.17, 15) is 18.0 Å². The molecule has 2 atom stereocenters. The highest BCUT2D eigenvalue weighted by atomic mass is 32.2. The van der Waals surface area contributed by atoms with Crippen LogP contribution in [-0.4, -0.2) is 63.2 Å². The SMILES string of the molecule is CC1CC(OC(=O)C2CCN(S(=O)(=O)c3ccc4c(c3)OCCCO4)CC2)C(=O)O1. The van der Waals surface area contributed by atoms with Gasteiger partial charge in [-0.05, 0) is 31.9 Å². The Morgan fingerprint density at radius 1 is 1.13 bits per heavy atom. The molecule has 10 heteroatoms. The number of sulfonamides is 1. The number of fused-ring (bicyclic) bond motifs is 1. The molecule has 0 aliphatic carbocycles. The van der Waals surface area contributed by atoms with E-state index >= 15 is 0 Å². The van der Waals surface area contributed by atoms with Crippen LogP contribution in [0.1, 0.15) is 32.6 Å². The van der Waals surface area contributed by atoms with Crippen LogP contribution in [0.2, 0.25) is 0 Å². The molecule has 1 aromatic carbocycles. The number of esters is 2. The van der Waals surface area contributed by atoms with Crippen molar-refractivity contribution >= 4 is 22.0 Å². The van der Waals surface area contributed by atoms with Gasteiger partial charge in [-0.3, -0.25) is 4.79 Å². The number of benzene rings is 1. The van der Waals surface area contributed by atoms with Crippen molar-refractivity contribution in [1.82, 2.24) is 4.31 Å². The van der Waals surface area contributed by atoms with E-state index in [4.69, 9.17) is 18.9 Å². The summed E-state index contributed by atoms with van der Waals surface area (Å²) in [5.41, 5.74) is 0. The quantitative estimate of drug-likeness (QED) is 0.650. The Morgan fingerprint density at radius 3 is 2.50 bits per heavy atom. The first-order chi connectivity index (χ1) is 14.3. The third-order valence-electron chi connectivity index (χ3n) is 5.53. The molecule has 3 aliphatic rings. The van der Waals surface area contributed by atoms with Crippen molar-refractivity contribution in [3.8, 4) is 11.5 Å². The van der Waals surface area contributed by atoms with Crippen molar-refractivity contribution in [2.24, 2.45) is 5.92 Å². The van der Waals surface area contributed by atoms with Crippen molar-refractivity contribution in [1.29, 1.82) is 0 Å². The van der Waals surface area contributed by atoms with Gasteiger partial charge in [0.05, 0.1) is 24.0 Å². The van der Waals surface area contributed by atoms with Gasteiger partial charge >= 0.3 is 11.9 Å². The molecule has 164 valence electrons. The molecule has 0 spiro atoms. The number of rotatable bonds is 4. The smallest absolute Gasteiger partial charge is 0.347 e. The minimum absolute atomic E-state index is 0.135. The average molecular weight is 439 g/mol. The van der Waals surface area contributed by atoms with E-state index in [1.54, 1.807) is 13.0 Å². The Morgan fingerprint density at radius 2 is 1.83 bits per heavy atom. The number of cyclic esters (lactones) is 1. The number of carbonyl (C=O) groups excluding carboxylic acids is 2. The van der Waals surface area contributed by atoms with E-state index < -0.39 is 34.0 Å². The zero-order chi connectivity index (χ0) is 21.3. The highest BCUT2D eigenvalue weighted by Crippen LogP contribution is 2.34. The summed E-state index contributed by atoms with van der Waals surface area (Å²) in [7, 11) is -3.72. The molecular formula is C20H25NO8S. The van der Waals surface area contributed by atoms with Gasteiger partial charge in [0.1, 0.15) is 6.10 Å². The summed E-state index contributed by atoms with van der Waals surface area (Å²) >= 11 is 0. The summed E-state index contributed by atoms with van der Waals surface area (Å²) in [4.78, 5) is 24.2. The average Bonchev–Trinajstić information content (AvgIpc) is 2.92. The van der Waals surface area contributed by atoms with Crippen LogP contribution in [0.4, 0.5) is 0 Å². The van der Waals surface area contributed by atoms with Gasteiger partial charge in [0.15, 0.2) is 11.5 Å². The lowest BCUT2D eigenvalue weighted by atomic mass is 9.98. The lowest BCUT2D eigenvalue weighted by Crippen LogP contribution is -2.41. The summed E-state index contributed by atoms with van der Waals surface area (Å²) < 4.78 is 48.9. The summed E-state index contributed by atoms with van der Waals surface area (Å²) in [6, 6.07) is 4.61. The fourth-order valence-corrected chi connectivity index (χ4v) is 5.32. The minimum atomic E-state index is -3.72. The van der Waals surface area contributed by atoms with Gasteiger partial charge in [0, 0.05) is 32.0 Å². The molecule has 0 aromatic heterocycles. The molecule has 4 rings (SSSR count). The monoisotopic (exact) mass is 439 g/mol. The molecule has 0 N–H and O–H groups in total. The van der Waals surface area contributed by atoms with Gasteiger partial charge < -0.3 is 18.9 Å². The van der Waals surface area contributed by atoms with Gasteiger partial charge in [0.2, 0.25) is 16.1 Å². The number of carbonyl (C=O) groups is 2. The van der Waals surface area contributed by atoms with Crippen molar-refractivity contribution < 1.29 is 37.0 Å². The predicted octanol–water partition coefficient (Wildman–Crippen LogP) is 1.50. The van der Waals surface area contributed by atoms with E-state index in [0.29, 0.717) is 44.0 Å². The Hall–Kier alpha value is -2.33. The predicted molar refractivity (Wildman–Crippen MR) is 104 cm³/mol. The number of ether oxygens (including phenoxy) is 4. The third-order valence-corrected chi connectivity index (χ3v) is 7.42. The lowest BCUT2D eigenvalue weighted by Gasteiger charge is -2.30. The second kappa shape index (κ2) is 8.43. The van der Waals surface area contributed by atoms with Crippen LogP contribution in [0.3, 0.4) is 0 Å². The zero-order valence-corrected chi connectivity index (χ0v) is 17.6. The van der Waals surface area contributed by atoms with Crippen LogP contribution >= 0.6 is 0 Å². The van der Waals surface area contributed by atoms with Crippen LogP contribution < -0.4 is 9.47 Å². The molecule has 2 fully saturated rings. The van der Waals surface area contributed by atoms with Crippen LogP contribution in [-0.2, 0) is 29.1 Å². The maximum atomic E-state index is 13.0. The molecule has 0 radical (unpaired) electrons. The van der Waals surface area contributed by atoms with Crippen LogP contribution in [0.25, 0.3) is 0 Å². The summed E-state index contributed by atoms with van der Waals surface area (Å²) in [5.74, 6) is -0.481.